The first-order valence-corrected chi connectivity index (χ1v) is 12.9. The molecule has 2 aromatic heterocycles. The number of nitrogens with zero attached hydrogens (tertiary/aromatic N) is 4. The minimum Gasteiger partial charge on any atom is -0.342 e. The first kappa shape index (κ1) is 21.0. The summed E-state index contributed by atoms with van der Waals surface area (Å²) in [6, 6.07) is 11.5. The van der Waals surface area contributed by atoms with Gasteiger partial charge < -0.3 is 4.90 Å². The number of carbonyl (C=O) groups excluding carboxylic acids is 1. The van der Waals surface area contributed by atoms with Gasteiger partial charge in [-0.25, -0.2) is 4.98 Å². The van der Waals surface area contributed by atoms with Crippen LogP contribution in [0.5, 0.6) is 0 Å². The van der Waals surface area contributed by atoms with Crippen molar-refractivity contribution in [2.45, 2.75) is 45.1 Å². The number of benzene rings is 1. The Morgan fingerprint density at radius 3 is 2.73 bits per heavy atom. The van der Waals surface area contributed by atoms with E-state index in [1.165, 1.54) is 36.2 Å². The lowest BCUT2D eigenvalue weighted by molar-refractivity contribution is -0.136. The highest BCUT2D eigenvalue weighted by Gasteiger charge is 2.48. The zero-order valence-electron chi connectivity index (χ0n) is 19.2. The lowest BCUT2D eigenvalue weighted by Crippen LogP contribution is -2.61. The van der Waals surface area contributed by atoms with Crippen LogP contribution in [0.1, 0.15) is 47.7 Å². The number of pyridine rings is 1. The van der Waals surface area contributed by atoms with Crippen LogP contribution in [0.4, 0.5) is 0 Å². The Hall–Kier alpha value is -2.57. The van der Waals surface area contributed by atoms with Gasteiger partial charge in [0.15, 0.2) is 0 Å². The first-order valence-electron chi connectivity index (χ1n) is 12.0. The quantitative estimate of drug-likeness (QED) is 0.570. The molecule has 2 saturated heterocycles. The van der Waals surface area contributed by atoms with E-state index in [0.29, 0.717) is 17.9 Å². The van der Waals surface area contributed by atoms with Crippen molar-refractivity contribution in [3.63, 3.8) is 0 Å². The number of amides is 1. The van der Waals surface area contributed by atoms with Crippen LogP contribution in [0.3, 0.4) is 0 Å². The predicted molar refractivity (Wildman–Crippen MR) is 131 cm³/mol. The van der Waals surface area contributed by atoms with Gasteiger partial charge in [-0.15, -0.1) is 11.3 Å². The van der Waals surface area contributed by atoms with Crippen LogP contribution in [0, 0.1) is 12.3 Å². The van der Waals surface area contributed by atoms with Crippen molar-refractivity contribution in [1.29, 1.82) is 0 Å². The minimum absolute atomic E-state index is 0.220. The molecule has 2 fully saturated rings. The fraction of sp³-hybridized carbons (Fsp3) is 0.444. The van der Waals surface area contributed by atoms with Crippen molar-refractivity contribution < 1.29 is 4.79 Å². The maximum absolute atomic E-state index is 12.8. The highest BCUT2D eigenvalue weighted by molar-refractivity contribution is 7.13. The van der Waals surface area contributed by atoms with Gasteiger partial charge in [0.05, 0.1) is 6.42 Å². The molecule has 5 nitrogen and oxygen atoms in total. The Balaban J connectivity index is 1.04. The number of carbonyl (C=O) groups is 1. The van der Waals surface area contributed by atoms with E-state index >= 15 is 0 Å². The molecule has 0 radical (unpaired) electrons. The molecule has 1 aromatic carbocycles. The third-order valence-electron chi connectivity index (χ3n) is 7.87. The van der Waals surface area contributed by atoms with Gasteiger partial charge in [0.25, 0.3) is 0 Å². The third kappa shape index (κ3) is 4.00. The fourth-order valence-electron chi connectivity index (χ4n) is 5.93. The molecule has 0 bridgehead atoms. The van der Waals surface area contributed by atoms with Crippen LogP contribution >= 0.6 is 11.3 Å². The summed E-state index contributed by atoms with van der Waals surface area (Å²) in [6.45, 7) is 6.14. The molecule has 3 aromatic rings. The van der Waals surface area contributed by atoms with E-state index in [4.69, 9.17) is 0 Å². The molecule has 4 heterocycles. The second-order valence-electron chi connectivity index (χ2n) is 10.1. The predicted octanol–water partition coefficient (Wildman–Crippen LogP) is 4.67. The summed E-state index contributed by atoms with van der Waals surface area (Å²) in [5, 5.41) is 3.16. The lowest BCUT2D eigenvalue weighted by atomic mass is 9.71. The van der Waals surface area contributed by atoms with Crippen molar-refractivity contribution in [3.8, 4) is 10.6 Å². The molecule has 0 saturated carbocycles. The van der Waals surface area contributed by atoms with Crippen molar-refractivity contribution in [2.75, 3.05) is 26.2 Å². The molecule has 170 valence electrons. The molecule has 6 heteroatoms. The Labute approximate surface area is 199 Å². The standard InChI is InChI=1S/C27H30N4OS/c1-19-2-5-22(29-16-19)15-25(32)30-11-8-27(9-12-30)17-31(18-27)24-7-4-20-14-21(3-6-23(20)24)26-28-10-13-33-26/h2-3,5-6,10,13-14,16,24H,4,7-9,11-12,15,17-18H2,1H3. The normalized spacial score (nSPS) is 21.7. The summed E-state index contributed by atoms with van der Waals surface area (Å²) in [6.07, 6.45) is 8.78. The van der Waals surface area contributed by atoms with E-state index in [2.05, 4.69) is 38.0 Å². The van der Waals surface area contributed by atoms with Gasteiger partial charge in [-0.3, -0.25) is 14.7 Å². The van der Waals surface area contributed by atoms with Gasteiger partial charge in [0.2, 0.25) is 5.91 Å². The SMILES string of the molecule is Cc1ccc(CC(=O)N2CCC3(CC2)CN(C2CCc4cc(-c5nccs5)ccc42)C3)nc1. The molecule has 0 N–H and O–H groups in total. The molecular weight excluding hydrogens is 428 g/mol. The number of piperidine rings is 1. The molecule has 1 unspecified atom stereocenters. The summed E-state index contributed by atoms with van der Waals surface area (Å²) in [7, 11) is 0. The van der Waals surface area contributed by atoms with Crippen molar-refractivity contribution in [1.82, 2.24) is 19.8 Å². The van der Waals surface area contributed by atoms with Gasteiger partial charge in [-0.05, 0) is 66.8 Å². The molecular formula is C27H30N4OS. The van der Waals surface area contributed by atoms with Gasteiger partial charge >= 0.3 is 0 Å². The van der Waals surface area contributed by atoms with Gasteiger partial charge in [-0.2, -0.15) is 0 Å². The van der Waals surface area contributed by atoms with E-state index in [0.717, 1.165) is 48.6 Å². The average Bonchev–Trinajstić information content (AvgIpc) is 3.49. The summed E-state index contributed by atoms with van der Waals surface area (Å²) < 4.78 is 0. The van der Waals surface area contributed by atoms with Crippen molar-refractivity contribution in [2.24, 2.45) is 5.41 Å². The van der Waals surface area contributed by atoms with Crippen LogP contribution in [0.25, 0.3) is 10.6 Å². The number of hydrogen-bond acceptors (Lipinski definition) is 5. The molecule has 6 rings (SSSR count). The Kier molecular flexibility index (Phi) is 5.30. The minimum atomic E-state index is 0.220. The number of rotatable bonds is 4. The lowest BCUT2D eigenvalue weighted by Gasteiger charge is -2.56. The van der Waals surface area contributed by atoms with E-state index in [1.807, 2.05) is 36.8 Å². The fourth-order valence-corrected chi connectivity index (χ4v) is 6.56. The highest BCUT2D eigenvalue weighted by Crippen LogP contribution is 2.48. The highest BCUT2D eigenvalue weighted by atomic mass is 32.1. The van der Waals surface area contributed by atoms with E-state index in [-0.39, 0.29) is 5.91 Å². The molecule has 1 amide bonds. The third-order valence-corrected chi connectivity index (χ3v) is 8.69. The average molecular weight is 459 g/mol. The first-order chi connectivity index (χ1) is 16.1. The molecule has 1 spiro atoms. The number of aryl methyl sites for hydroxylation is 2. The van der Waals surface area contributed by atoms with E-state index in [1.54, 1.807) is 11.3 Å². The van der Waals surface area contributed by atoms with Crippen LogP contribution in [-0.4, -0.2) is 51.9 Å². The molecule has 1 aliphatic carbocycles. The Bertz CT molecular complexity index is 1140. The van der Waals surface area contributed by atoms with Gasteiger partial charge in [0, 0.05) is 61.3 Å². The second kappa shape index (κ2) is 8.33. The van der Waals surface area contributed by atoms with Gasteiger partial charge in [-0.1, -0.05) is 18.2 Å². The maximum Gasteiger partial charge on any atom is 0.228 e. The summed E-state index contributed by atoms with van der Waals surface area (Å²) in [5.74, 6) is 0.220. The largest absolute Gasteiger partial charge is 0.342 e. The zero-order valence-corrected chi connectivity index (χ0v) is 20.0. The van der Waals surface area contributed by atoms with Crippen molar-refractivity contribution in [3.05, 3.63) is 70.5 Å². The van der Waals surface area contributed by atoms with Crippen LogP contribution in [0.15, 0.2) is 48.1 Å². The smallest absolute Gasteiger partial charge is 0.228 e. The number of likely N-dealkylation sites (tertiary alicyclic amines) is 2. The maximum atomic E-state index is 12.8. The van der Waals surface area contributed by atoms with Crippen LogP contribution in [-0.2, 0) is 17.6 Å². The molecule has 33 heavy (non-hydrogen) atoms. The molecule has 1 atom stereocenters. The second-order valence-corrected chi connectivity index (χ2v) is 11.0. The topological polar surface area (TPSA) is 49.3 Å². The summed E-state index contributed by atoms with van der Waals surface area (Å²) >= 11 is 1.71. The Morgan fingerprint density at radius 2 is 2.00 bits per heavy atom. The number of hydrogen-bond donors (Lipinski definition) is 0. The number of fused-ring (bicyclic) bond motifs is 1. The van der Waals surface area contributed by atoms with E-state index in [9.17, 15) is 4.79 Å². The summed E-state index contributed by atoms with van der Waals surface area (Å²) in [5.41, 5.74) is 6.68. The van der Waals surface area contributed by atoms with Crippen LogP contribution < -0.4 is 0 Å². The van der Waals surface area contributed by atoms with Gasteiger partial charge in [0.1, 0.15) is 5.01 Å². The molecule has 3 aliphatic rings. The zero-order chi connectivity index (χ0) is 22.4. The monoisotopic (exact) mass is 458 g/mol. The van der Waals surface area contributed by atoms with Crippen LogP contribution in [0.2, 0.25) is 0 Å². The Morgan fingerprint density at radius 1 is 1.15 bits per heavy atom. The molecule has 2 aliphatic heterocycles. The summed E-state index contributed by atoms with van der Waals surface area (Å²) in [4.78, 5) is 26.4. The number of thiazole rings is 1. The van der Waals surface area contributed by atoms with Crippen molar-refractivity contribution >= 4 is 17.2 Å². The number of aromatic nitrogens is 2. The van der Waals surface area contributed by atoms with E-state index < -0.39 is 0 Å².